The number of ether oxygens (including phenoxy) is 1. The van der Waals surface area contributed by atoms with E-state index in [1.165, 1.54) is 16.8 Å². The van der Waals surface area contributed by atoms with Crippen molar-refractivity contribution in [1.82, 2.24) is 4.57 Å². The fourth-order valence-electron chi connectivity index (χ4n) is 3.05. The van der Waals surface area contributed by atoms with Gasteiger partial charge < -0.3 is 14.4 Å². The molecule has 0 atom stereocenters. The van der Waals surface area contributed by atoms with E-state index >= 15 is 0 Å². The second-order valence-electron chi connectivity index (χ2n) is 6.25. The lowest BCUT2D eigenvalue weighted by atomic mass is 10.1. The Hall–Kier alpha value is -2.07. The molecule has 3 nitrogen and oxygen atoms in total. The first kappa shape index (κ1) is 18.7. The van der Waals surface area contributed by atoms with E-state index in [-0.39, 0.29) is 6.61 Å². The molecular formula is C22H24ClNO2. The fourth-order valence-corrected chi connectivity index (χ4v) is 3.18. The summed E-state index contributed by atoms with van der Waals surface area (Å²) in [4.78, 5) is 0. The third-order valence-corrected chi connectivity index (χ3v) is 4.64. The second kappa shape index (κ2) is 9.58. The molecule has 136 valence electrons. The van der Waals surface area contributed by atoms with Gasteiger partial charge in [0.15, 0.2) is 0 Å². The number of benzene rings is 2. The third kappa shape index (κ3) is 4.98. The number of aromatic nitrogens is 1. The SMILES string of the molecule is OCCCc1c(CCOCc2ccccc2)ccn1-c1ccc(Cl)cc1. The van der Waals surface area contributed by atoms with Crippen molar-refractivity contribution in [3.63, 3.8) is 0 Å². The number of rotatable bonds is 9. The first-order valence-corrected chi connectivity index (χ1v) is 9.33. The van der Waals surface area contributed by atoms with Gasteiger partial charge in [0.25, 0.3) is 0 Å². The molecule has 4 heteroatoms. The molecule has 0 fully saturated rings. The summed E-state index contributed by atoms with van der Waals surface area (Å²) < 4.78 is 8.02. The second-order valence-corrected chi connectivity index (χ2v) is 6.69. The molecule has 26 heavy (non-hydrogen) atoms. The summed E-state index contributed by atoms with van der Waals surface area (Å²) in [6.07, 6.45) is 4.52. The van der Waals surface area contributed by atoms with Crippen molar-refractivity contribution in [2.24, 2.45) is 0 Å². The summed E-state index contributed by atoms with van der Waals surface area (Å²) in [5.41, 5.74) is 4.76. The monoisotopic (exact) mass is 369 g/mol. The summed E-state index contributed by atoms with van der Waals surface area (Å²) in [6, 6.07) is 20.2. The van der Waals surface area contributed by atoms with Crippen molar-refractivity contribution in [3.8, 4) is 5.69 Å². The quantitative estimate of drug-likeness (QED) is 0.549. The number of hydrogen-bond acceptors (Lipinski definition) is 2. The van der Waals surface area contributed by atoms with E-state index < -0.39 is 0 Å². The lowest BCUT2D eigenvalue weighted by Crippen LogP contribution is -2.05. The van der Waals surface area contributed by atoms with Crippen molar-refractivity contribution < 1.29 is 9.84 Å². The Kier molecular flexibility index (Phi) is 6.89. The molecule has 1 aromatic heterocycles. The van der Waals surface area contributed by atoms with Crippen LogP contribution >= 0.6 is 11.6 Å². The van der Waals surface area contributed by atoms with E-state index in [1.807, 2.05) is 42.5 Å². The maximum Gasteiger partial charge on any atom is 0.0717 e. The van der Waals surface area contributed by atoms with Crippen LogP contribution in [0.15, 0.2) is 66.9 Å². The molecule has 0 saturated heterocycles. The van der Waals surface area contributed by atoms with Gasteiger partial charge in [0, 0.05) is 29.2 Å². The number of aliphatic hydroxyl groups is 1. The van der Waals surface area contributed by atoms with Crippen molar-refractivity contribution in [1.29, 1.82) is 0 Å². The zero-order valence-electron chi connectivity index (χ0n) is 14.8. The lowest BCUT2D eigenvalue weighted by Gasteiger charge is -2.12. The maximum absolute atomic E-state index is 9.24. The topological polar surface area (TPSA) is 34.4 Å². The fraction of sp³-hybridized carbons (Fsp3) is 0.273. The van der Waals surface area contributed by atoms with Crippen LogP contribution < -0.4 is 0 Å². The highest BCUT2D eigenvalue weighted by atomic mass is 35.5. The molecule has 2 aromatic carbocycles. The highest BCUT2D eigenvalue weighted by Crippen LogP contribution is 2.21. The molecule has 0 spiro atoms. The first-order valence-electron chi connectivity index (χ1n) is 8.95. The van der Waals surface area contributed by atoms with Gasteiger partial charge in [0.2, 0.25) is 0 Å². The predicted octanol–water partition coefficient (Wildman–Crippen LogP) is 4.81. The van der Waals surface area contributed by atoms with Gasteiger partial charge in [0.1, 0.15) is 0 Å². The van der Waals surface area contributed by atoms with Crippen molar-refractivity contribution in [2.45, 2.75) is 25.9 Å². The zero-order valence-corrected chi connectivity index (χ0v) is 15.5. The Morgan fingerprint density at radius 2 is 1.69 bits per heavy atom. The minimum atomic E-state index is 0.190. The Morgan fingerprint density at radius 3 is 2.42 bits per heavy atom. The van der Waals surface area contributed by atoms with Gasteiger partial charge in [0.05, 0.1) is 13.2 Å². The average Bonchev–Trinajstić information content (AvgIpc) is 3.07. The van der Waals surface area contributed by atoms with Crippen molar-refractivity contribution >= 4 is 11.6 Å². The van der Waals surface area contributed by atoms with E-state index in [1.54, 1.807) is 0 Å². The van der Waals surface area contributed by atoms with E-state index in [0.717, 1.165) is 30.0 Å². The largest absolute Gasteiger partial charge is 0.396 e. The van der Waals surface area contributed by atoms with Gasteiger partial charge in [-0.3, -0.25) is 0 Å². The lowest BCUT2D eigenvalue weighted by molar-refractivity contribution is 0.123. The Balaban J connectivity index is 1.67. The minimum absolute atomic E-state index is 0.190. The number of aliphatic hydroxyl groups excluding tert-OH is 1. The van der Waals surface area contributed by atoms with Crippen LogP contribution in [0.25, 0.3) is 5.69 Å². The van der Waals surface area contributed by atoms with Gasteiger partial charge in [-0.15, -0.1) is 0 Å². The standard InChI is InChI=1S/C22H24ClNO2/c23-20-8-10-21(11-9-20)24-14-12-19(22(24)7-4-15-25)13-16-26-17-18-5-2-1-3-6-18/h1-3,5-6,8-12,14,25H,4,7,13,15-17H2. The number of halogens is 1. The summed E-state index contributed by atoms with van der Waals surface area (Å²) in [5.74, 6) is 0. The molecule has 0 bridgehead atoms. The van der Waals surface area contributed by atoms with E-state index in [2.05, 4.69) is 29.0 Å². The van der Waals surface area contributed by atoms with Crippen LogP contribution in [-0.2, 0) is 24.2 Å². The van der Waals surface area contributed by atoms with Crippen LogP contribution in [0.1, 0.15) is 23.2 Å². The molecular weight excluding hydrogens is 346 g/mol. The molecule has 3 rings (SSSR count). The molecule has 0 aliphatic heterocycles. The molecule has 0 saturated carbocycles. The summed E-state index contributed by atoms with van der Waals surface area (Å²) in [5, 5.41) is 9.97. The van der Waals surface area contributed by atoms with Gasteiger partial charge in [-0.1, -0.05) is 41.9 Å². The molecule has 0 unspecified atom stereocenters. The highest BCUT2D eigenvalue weighted by molar-refractivity contribution is 6.30. The van der Waals surface area contributed by atoms with Crippen molar-refractivity contribution in [3.05, 3.63) is 88.7 Å². The number of nitrogens with zero attached hydrogens (tertiary/aromatic N) is 1. The average molecular weight is 370 g/mol. The smallest absolute Gasteiger partial charge is 0.0717 e. The molecule has 0 aliphatic carbocycles. The Labute approximate surface area is 159 Å². The van der Waals surface area contributed by atoms with Crippen LogP contribution in [0.3, 0.4) is 0 Å². The van der Waals surface area contributed by atoms with Gasteiger partial charge in [-0.05, 0) is 60.7 Å². The molecule has 3 aromatic rings. The van der Waals surface area contributed by atoms with E-state index in [9.17, 15) is 5.11 Å². The normalized spacial score (nSPS) is 11.0. The summed E-state index contributed by atoms with van der Waals surface area (Å²) in [7, 11) is 0. The molecule has 1 N–H and O–H groups in total. The minimum Gasteiger partial charge on any atom is -0.396 e. The first-order chi connectivity index (χ1) is 12.8. The van der Waals surface area contributed by atoms with E-state index in [4.69, 9.17) is 16.3 Å². The Morgan fingerprint density at radius 1 is 0.923 bits per heavy atom. The van der Waals surface area contributed by atoms with Crippen LogP contribution in [0.2, 0.25) is 5.02 Å². The van der Waals surface area contributed by atoms with Crippen molar-refractivity contribution in [2.75, 3.05) is 13.2 Å². The third-order valence-electron chi connectivity index (χ3n) is 4.39. The molecule has 0 amide bonds. The summed E-state index contributed by atoms with van der Waals surface area (Å²) >= 11 is 6.00. The van der Waals surface area contributed by atoms with Crippen LogP contribution in [0.5, 0.6) is 0 Å². The van der Waals surface area contributed by atoms with Gasteiger partial charge >= 0.3 is 0 Å². The van der Waals surface area contributed by atoms with Crippen LogP contribution in [0.4, 0.5) is 0 Å². The molecule has 0 aliphatic rings. The Bertz CT molecular complexity index is 797. The molecule has 0 radical (unpaired) electrons. The van der Waals surface area contributed by atoms with Gasteiger partial charge in [-0.25, -0.2) is 0 Å². The number of hydrogen-bond donors (Lipinski definition) is 1. The summed E-state index contributed by atoms with van der Waals surface area (Å²) in [6.45, 7) is 1.49. The zero-order chi connectivity index (χ0) is 18.2. The maximum atomic E-state index is 9.24. The molecule has 1 heterocycles. The predicted molar refractivity (Wildman–Crippen MR) is 106 cm³/mol. The van der Waals surface area contributed by atoms with Crippen LogP contribution in [0, 0.1) is 0 Å². The van der Waals surface area contributed by atoms with Crippen LogP contribution in [-0.4, -0.2) is 22.9 Å². The van der Waals surface area contributed by atoms with E-state index in [0.29, 0.717) is 13.2 Å². The van der Waals surface area contributed by atoms with Gasteiger partial charge in [-0.2, -0.15) is 0 Å². The highest BCUT2D eigenvalue weighted by Gasteiger charge is 2.10.